The van der Waals surface area contributed by atoms with Crippen LogP contribution in [0.15, 0.2) is 0 Å². The van der Waals surface area contributed by atoms with Crippen molar-refractivity contribution < 1.29 is 9.90 Å². The lowest BCUT2D eigenvalue weighted by atomic mass is 9.88. The van der Waals surface area contributed by atoms with Crippen molar-refractivity contribution in [3.05, 3.63) is 0 Å². The van der Waals surface area contributed by atoms with Gasteiger partial charge < -0.3 is 10.0 Å². The van der Waals surface area contributed by atoms with Crippen LogP contribution in [0.25, 0.3) is 0 Å². The number of carbonyl (C=O) groups excluding carboxylic acids is 1. The van der Waals surface area contributed by atoms with Gasteiger partial charge in [0.2, 0.25) is 5.91 Å². The van der Waals surface area contributed by atoms with Gasteiger partial charge in [-0.2, -0.15) is 5.26 Å². The fourth-order valence-corrected chi connectivity index (χ4v) is 2.10. The second-order valence-electron chi connectivity index (χ2n) is 7.21. The summed E-state index contributed by atoms with van der Waals surface area (Å²) in [5, 5.41) is 19.1. The first-order chi connectivity index (χ1) is 9.08. The standard InChI is InChI=1S/C15H27N3O2/c1-14(2,3)12(19)10-17-6-8-18(9-7-17)13(20)15(4,5)11-16/h12,19H,6-10H2,1-5H3. The molecule has 1 unspecified atom stereocenters. The molecular weight excluding hydrogens is 254 g/mol. The maximum Gasteiger partial charge on any atom is 0.242 e. The van der Waals surface area contributed by atoms with Gasteiger partial charge in [-0.15, -0.1) is 0 Å². The van der Waals surface area contributed by atoms with Crippen molar-refractivity contribution in [2.45, 2.75) is 40.7 Å². The van der Waals surface area contributed by atoms with Gasteiger partial charge in [-0.1, -0.05) is 20.8 Å². The number of amides is 1. The maximum absolute atomic E-state index is 12.2. The van der Waals surface area contributed by atoms with Crippen molar-refractivity contribution >= 4 is 5.91 Å². The van der Waals surface area contributed by atoms with Gasteiger partial charge in [-0.25, -0.2) is 0 Å². The molecule has 1 aliphatic rings. The van der Waals surface area contributed by atoms with E-state index in [9.17, 15) is 9.90 Å². The molecule has 1 heterocycles. The smallest absolute Gasteiger partial charge is 0.242 e. The van der Waals surface area contributed by atoms with E-state index in [2.05, 4.69) is 11.0 Å². The molecule has 1 N–H and O–H groups in total. The molecule has 1 rings (SSSR count). The van der Waals surface area contributed by atoms with E-state index >= 15 is 0 Å². The van der Waals surface area contributed by atoms with Crippen molar-refractivity contribution in [3.63, 3.8) is 0 Å². The molecule has 0 aliphatic carbocycles. The summed E-state index contributed by atoms with van der Waals surface area (Å²) >= 11 is 0. The van der Waals surface area contributed by atoms with E-state index in [1.807, 2.05) is 20.8 Å². The molecule has 5 heteroatoms. The minimum Gasteiger partial charge on any atom is -0.391 e. The third-order valence-corrected chi connectivity index (χ3v) is 3.90. The van der Waals surface area contributed by atoms with Gasteiger partial charge in [0.25, 0.3) is 0 Å². The Morgan fingerprint density at radius 3 is 2.10 bits per heavy atom. The van der Waals surface area contributed by atoms with Gasteiger partial charge in [0.1, 0.15) is 5.41 Å². The topological polar surface area (TPSA) is 67.6 Å². The molecule has 0 aromatic carbocycles. The van der Waals surface area contributed by atoms with Crippen molar-refractivity contribution in [1.29, 1.82) is 5.26 Å². The lowest BCUT2D eigenvalue weighted by Gasteiger charge is -2.39. The number of aliphatic hydroxyl groups is 1. The second-order valence-corrected chi connectivity index (χ2v) is 7.21. The van der Waals surface area contributed by atoms with Crippen LogP contribution in [0.3, 0.4) is 0 Å². The van der Waals surface area contributed by atoms with E-state index in [0.717, 1.165) is 13.1 Å². The molecule has 114 valence electrons. The summed E-state index contributed by atoms with van der Waals surface area (Å²) in [6.07, 6.45) is -0.375. The SMILES string of the molecule is CC(C)(C#N)C(=O)N1CCN(CC(O)C(C)(C)C)CC1. The Morgan fingerprint density at radius 2 is 1.70 bits per heavy atom. The largest absolute Gasteiger partial charge is 0.391 e. The Kier molecular flexibility index (Phi) is 5.17. The number of aliphatic hydroxyl groups excluding tert-OH is 1. The molecule has 0 aromatic heterocycles. The zero-order valence-electron chi connectivity index (χ0n) is 13.3. The van der Waals surface area contributed by atoms with Crippen molar-refractivity contribution in [1.82, 2.24) is 9.80 Å². The van der Waals surface area contributed by atoms with E-state index < -0.39 is 5.41 Å². The predicted molar refractivity (Wildman–Crippen MR) is 77.9 cm³/mol. The van der Waals surface area contributed by atoms with Crippen LogP contribution in [0.4, 0.5) is 0 Å². The molecule has 20 heavy (non-hydrogen) atoms. The number of hydrogen-bond acceptors (Lipinski definition) is 4. The number of rotatable bonds is 3. The molecule has 0 bridgehead atoms. The molecule has 0 aromatic rings. The minimum atomic E-state index is -0.951. The Morgan fingerprint density at radius 1 is 1.20 bits per heavy atom. The summed E-state index contributed by atoms with van der Waals surface area (Å²) in [5.41, 5.74) is -1.08. The van der Waals surface area contributed by atoms with Gasteiger partial charge in [0.05, 0.1) is 12.2 Å². The molecule has 0 saturated carbocycles. The van der Waals surface area contributed by atoms with Crippen LogP contribution in [0.1, 0.15) is 34.6 Å². The van der Waals surface area contributed by atoms with Gasteiger partial charge in [0.15, 0.2) is 0 Å². The Labute approximate surface area is 122 Å². The summed E-state index contributed by atoms with van der Waals surface area (Å²) in [4.78, 5) is 16.1. The third-order valence-electron chi connectivity index (χ3n) is 3.90. The molecule has 5 nitrogen and oxygen atoms in total. The summed E-state index contributed by atoms with van der Waals surface area (Å²) in [6, 6.07) is 2.06. The van der Waals surface area contributed by atoms with Crippen LogP contribution < -0.4 is 0 Å². The van der Waals surface area contributed by atoms with E-state index in [1.165, 1.54) is 0 Å². The average molecular weight is 281 g/mol. The molecule has 1 fully saturated rings. The summed E-state index contributed by atoms with van der Waals surface area (Å²) in [7, 11) is 0. The van der Waals surface area contributed by atoms with Crippen LogP contribution in [0, 0.1) is 22.2 Å². The number of nitriles is 1. The monoisotopic (exact) mass is 281 g/mol. The summed E-state index contributed by atoms with van der Waals surface area (Å²) < 4.78 is 0. The second kappa shape index (κ2) is 6.11. The van der Waals surface area contributed by atoms with E-state index in [1.54, 1.807) is 18.7 Å². The molecule has 1 saturated heterocycles. The predicted octanol–water partition coefficient (Wildman–Crippen LogP) is 1.09. The zero-order valence-corrected chi connectivity index (χ0v) is 13.3. The van der Waals surface area contributed by atoms with Crippen LogP contribution in [0.2, 0.25) is 0 Å². The summed E-state index contributed by atoms with van der Waals surface area (Å²) in [5.74, 6) is -0.101. The third kappa shape index (κ3) is 4.19. The first-order valence-electron chi connectivity index (χ1n) is 7.19. The lowest BCUT2D eigenvalue weighted by molar-refractivity contribution is -0.139. The van der Waals surface area contributed by atoms with E-state index in [4.69, 9.17) is 5.26 Å². The van der Waals surface area contributed by atoms with Crippen molar-refractivity contribution in [2.75, 3.05) is 32.7 Å². The van der Waals surface area contributed by atoms with Crippen LogP contribution in [0.5, 0.6) is 0 Å². The lowest BCUT2D eigenvalue weighted by Crippen LogP contribution is -2.53. The first-order valence-corrected chi connectivity index (χ1v) is 7.19. The van der Waals surface area contributed by atoms with E-state index in [0.29, 0.717) is 19.6 Å². The highest BCUT2D eigenvalue weighted by Gasteiger charge is 2.34. The maximum atomic E-state index is 12.2. The highest BCUT2D eigenvalue weighted by Crippen LogP contribution is 2.22. The molecule has 0 spiro atoms. The Balaban J connectivity index is 2.49. The average Bonchev–Trinajstić information content (AvgIpc) is 2.37. The van der Waals surface area contributed by atoms with Gasteiger partial charge >= 0.3 is 0 Å². The van der Waals surface area contributed by atoms with Crippen molar-refractivity contribution in [2.24, 2.45) is 10.8 Å². The van der Waals surface area contributed by atoms with Gasteiger partial charge in [-0.05, 0) is 19.3 Å². The first kappa shape index (κ1) is 16.9. The molecular formula is C15H27N3O2. The normalized spacial score (nSPS) is 19.6. The van der Waals surface area contributed by atoms with Crippen molar-refractivity contribution in [3.8, 4) is 6.07 Å². The zero-order chi connectivity index (χ0) is 15.6. The minimum absolute atomic E-state index is 0.101. The Bertz CT molecular complexity index is 385. The number of hydrogen-bond donors (Lipinski definition) is 1. The van der Waals surface area contributed by atoms with Crippen LogP contribution >= 0.6 is 0 Å². The number of carbonyl (C=O) groups is 1. The number of piperazine rings is 1. The summed E-state index contributed by atoms with van der Waals surface area (Å²) in [6.45, 7) is 12.8. The molecule has 0 radical (unpaired) electrons. The van der Waals surface area contributed by atoms with Crippen LogP contribution in [-0.2, 0) is 4.79 Å². The number of β-amino-alcohol motifs (C(OH)–C–C–N with tert-alkyl or cyclic N) is 1. The van der Waals surface area contributed by atoms with E-state index in [-0.39, 0.29) is 17.4 Å². The molecule has 1 aliphatic heterocycles. The molecule has 1 atom stereocenters. The van der Waals surface area contributed by atoms with Crippen LogP contribution in [-0.4, -0.2) is 59.6 Å². The Hall–Kier alpha value is -1.12. The fraction of sp³-hybridized carbons (Fsp3) is 0.867. The van der Waals surface area contributed by atoms with Gasteiger partial charge in [0, 0.05) is 32.7 Å². The molecule has 1 amide bonds. The highest BCUT2D eigenvalue weighted by molar-refractivity contribution is 5.84. The number of nitrogens with zero attached hydrogens (tertiary/aromatic N) is 3. The van der Waals surface area contributed by atoms with Gasteiger partial charge in [-0.3, -0.25) is 9.69 Å². The fourth-order valence-electron chi connectivity index (χ4n) is 2.10. The highest BCUT2D eigenvalue weighted by atomic mass is 16.3. The quantitative estimate of drug-likeness (QED) is 0.841.